The molecule has 0 radical (unpaired) electrons. The fourth-order valence-corrected chi connectivity index (χ4v) is 10.5. The second-order valence-electron chi connectivity index (χ2n) is 13.8. The lowest BCUT2D eigenvalue weighted by Gasteiger charge is -2.60. The summed E-state index contributed by atoms with van der Waals surface area (Å²) in [6.07, 6.45) is 12.1. The third kappa shape index (κ3) is 5.29. The van der Waals surface area contributed by atoms with Crippen molar-refractivity contribution in [3.63, 3.8) is 0 Å². The minimum Gasteiger partial charge on any atom is -0.469 e. The zero-order chi connectivity index (χ0) is 28.0. The number of carbonyl (C=O) groups is 1. The zero-order valence-electron chi connectivity index (χ0n) is 24.5. The highest BCUT2D eigenvalue weighted by atomic mass is 32.2. The van der Waals surface area contributed by atoms with Crippen molar-refractivity contribution in [1.82, 2.24) is 4.83 Å². The molecule has 0 amide bonds. The summed E-state index contributed by atoms with van der Waals surface area (Å²) in [4.78, 5) is 14.6. The monoisotopic (exact) mass is 556 g/mol. The van der Waals surface area contributed by atoms with E-state index in [0.29, 0.717) is 35.0 Å². The smallest absolute Gasteiger partial charge is 0.305 e. The molecule has 1 aromatic rings. The van der Waals surface area contributed by atoms with Crippen molar-refractivity contribution in [2.24, 2.45) is 51.4 Å². The number of benzene rings is 1. The van der Waals surface area contributed by atoms with Gasteiger partial charge in [-0.15, -0.1) is 0 Å². The first-order valence-corrected chi connectivity index (χ1v) is 16.7. The van der Waals surface area contributed by atoms with Crippen molar-refractivity contribution in [1.29, 1.82) is 0 Å². The molecule has 39 heavy (non-hydrogen) atoms. The fourth-order valence-electron chi connectivity index (χ4n) is 9.68. The highest BCUT2D eigenvalue weighted by molar-refractivity contribution is 7.89. The van der Waals surface area contributed by atoms with Crippen LogP contribution in [0, 0.1) is 53.3 Å². The molecule has 0 unspecified atom stereocenters. The summed E-state index contributed by atoms with van der Waals surface area (Å²) in [5.74, 6) is 4.09. The van der Waals surface area contributed by atoms with Crippen LogP contribution >= 0.6 is 0 Å². The molecule has 1 aromatic carbocycles. The van der Waals surface area contributed by atoms with Crippen LogP contribution < -0.4 is 4.83 Å². The summed E-state index contributed by atoms with van der Waals surface area (Å²) in [5.41, 5.74) is 2.74. The van der Waals surface area contributed by atoms with Crippen LogP contribution in [0.3, 0.4) is 0 Å². The number of hydrogen-bond acceptors (Lipinski definition) is 5. The van der Waals surface area contributed by atoms with Crippen molar-refractivity contribution in [2.75, 3.05) is 7.11 Å². The average Bonchev–Trinajstić information content (AvgIpc) is 3.28. The number of rotatable bonds is 7. The maximum Gasteiger partial charge on any atom is 0.305 e. The van der Waals surface area contributed by atoms with Crippen molar-refractivity contribution < 1.29 is 17.9 Å². The third-order valence-corrected chi connectivity index (χ3v) is 13.2. The Balaban J connectivity index is 1.24. The highest BCUT2D eigenvalue weighted by Crippen LogP contribution is 2.68. The second-order valence-corrected chi connectivity index (χ2v) is 15.4. The lowest BCUT2D eigenvalue weighted by atomic mass is 9.44. The minimum absolute atomic E-state index is 0.0836. The molecule has 4 aliphatic rings. The summed E-state index contributed by atoms with van der Waals surface area (Å²) in [6, 6.07) is 6.91. The quantitative estimate of drug-likeness (QED) is 0.293. The van der Waals surface area contributed by atoms with E-state index in [1.54, 1.807) is 12.1 Å². The molecular formula is C32H48N2O4S. The van der Waals surface area contributed by atoms with Gasteiger partial charge in [-0.25, -0.2) is 4.83 Å². The van der Waals surface area contributed by atoms with Crippen LogP contribution in [0.5, 0.6) is 0 Å². The number of sulfonamides is 1. The van der Waals surface area contributed by atoms with Gasteiger partial charge in [0.05, 0.1) is 12.0 Å². The van der Waals surface area contributed by atoms with E-state index in [4.69, 9.17) is 4.74 Å². The summed E-state index contributed by atoms with van der Waals surface area (Å²) in [6.45, 7) is 9.42. The molecule has 4 aliphatic carbocycles. The first-order valence-electron chi connectivity index (χ1n) is 15.2. The fraction of sp³-hybridized carbons (Fsp3) is 0.750. The van der Waals surface area contributed by atoms with E-state index in [1.807, 2.05) is 19.1 Å². The number of esters is 1. The van der Waals surface area contributed by atoms with E-state index in [9.17, 15) is 13.2 Å². The maximum absolute atomic E-state index is 12.8. The van der Waals surface area contributed by atoms with Crippen LogP contribution in [0.2, 0.25) is 0 Å². The number of aryl methyl sites for hydroxylation is 1. The van der Waals surface area contributed by atoms with Crippen molar-refractivity contribution in [3.05, 3.63) is 29.8 Å². The van der Waals surface area contributed by atoms with Gasteiger partial charge in [-0.1, -0.05) is 38.5 Å². The molecular weight excluding hydrogens is 508 g/mol. The number of methoxy groups -OCH3 is 1. The van der Waals surface area contributed by atoms with Crippen LogP contribution in [-0.4, -0.2) is 27.2 Å². The van der Waals surface area contributed by atoms with E-state index < -0.39 is 10.0 Å². The van der Waals surface area contributed by atoms with Gasteiger partial charge in [0.1, 0.15) is 0 Å². The Morgan fingerprint density at radius 3 is 2.49 bits per heavy atom. The predicted octanol–water partition coefficient (Wildman–Crippen LogP) is 6.88. The third-order valence-electron chi connectivity index (χ3n) is 11.9. The number of ether oxygens (including phenoxy) is 1. The van der Waals surface area contributed by atoms with Crippen LogP contribution in [0.15, 0.2) is 34.3 Å². The number of nitrogens with zero attached hydrogens (tertiary/aromatic N) is 1. The van der Waals surface area contributed by atoms with Gasteiger partial charge >= 0.3 is 5.97 Å². The number of carbonyl (C=O) groups excluding carboxylic acids is 1. The Kier molecular flexibility index (Phi) is 7.95. The van der Waals surface area contributed by atoms with Crippen molar-refractivity contribution >= 4 is 21.7 Å². The second kappa shape index (κ2) is 10.8. The molecule has 0 aliphatic heterocycles. The summed E-state index contributed by atoms with van der Waals surface area (Å²) >= 11 is 0. The molecule has 4 fully saturated rings. The molecule has 0 spiro atoms. The van der Waals surface area contributed by atoms with Crippen molar-refractivity contribution in [2.45, 2.75) is 103 Å². The number of hydrazone groups is 1. The molecule has 216 valence electrons. The number of fused-ring (bicyclic) bond motifs is 5. The molecule has 0 bridgehead atoms. The molecule has 0 saturated heterocycles. The first-order chi connectivity index (χ1) is 18.5. The largest absolute Gasteiger partial charge is 0.469 e. The molecule has 0 heterocycles. The van der Waals surface area contributed by atoms with Crippen LogP contribution in [-0.2, 0) is 19.6 Å². The topological polar surface area (TPSA) is 84.8 Å². The molecule has 1 N–H and O–H groups in total. The molecule has 8 atom stereocenters. The average molecular weight is 557 g/mol. The van der Waals surface area contributed by atoms with Crippen molar-refractivity contribution in [3.8, 4) is 0 Å². The van der Waals surface area contributed by atoms with Gasteiger partial charge in [0.25, 0.3) is 10.0 Å². The van der Waals surface area contributed by atoms with Gasteiger partial charge in [0.2, 0.25) is 0 Å². The summed E-state index contributed by atoms with van der Waals surface area (Å²) in [7, 11) is -2.15. The minimum atomic E-state index is -3.64. The maximum atomic E-state index is 12.8. The van der Waals surface area contributed by atoms with Crippen LogP contribution in [0.1, 0.15) is 97.0 Å². The Labute approximate surface area is 235 Å². The van der Waals surface area contributed by atoms with Gasteiger partial charge in [-0.3, -0.25) is 4.79 Å². The number of hydrogen-bond donors (Lipinski definition) is 1. The Morgan fingerprint density at radius 1 is 1.05 bits per heavy atom. The Bertz CT molecular complexity index is 1200. The predicted molar refractivity (Wildman–Crippen MR) is 155 cm³/mol. The van der Waals surface area contributed by atoms with E-state index in [1.165, 1.54) is 45.6 Å². The molecule has 5 rings (SSSR count). The van der Waals surface area contributed by atoms with Crippen LogP contribution in [0.4, 0.5) is 0 Å². The van der Waals surface area contributed by atoms with E-state index in [2.05, 4.69) is 30.7 Å². The summed E-state index contributed by atoms with van der Waals surface area (Å²) < 4.78 is 30.5. The van der Waals surface area contributed by atoms with E-state index in [-0.39, 0.29) is 10.9 Å². The van der Waals surface area contributed by atoms with Gasteiger partial charge in [0, 0.05) is 12.1 Å². The van der Waals surface area contributed by atoms with Gasteiger partial charge < -0.3 is 4.74 Å². The van der Waals surface area contributed by atoms with Gasteiger partial charge in [-0.05, 0) is 130 Å². The normalized spacial score (nSPS) is 37.9. The molecule has 6 nitrogen and oxygen atoms in total. The molecule has 7 heteroatoms. The van der Waals surface area contributed by atoms with Crippen LogP contribution in [0.25, 0.3) is 0 Å². The molecule has 0 aromatic heterocycles. The number of nitrogens with one attached hydrogen (secondary N) is 1. The van der Waals surface area contributed by atoms with Gasteiger partial charge in [0.15, 0.2) is 0 Å². The lowest BCUT2D eigenvalue weighted by molar-refractivity contribution is -0.141. The lowest BCUT2D eigenvalue weighted by Crippen LogP contribution is -2.53. The Hall–Kier alpha value is -1.89. The Morgan fingerprint density at radius 2 is 1.77 bits per heavy atom. The van der Waals surface area contributed by atoms with Gasteiger partial charge in [-0.2, -0.15) is 13.5 Å². The SMILES string of the molecule is COC(=O)CC[C@@H](C)[C@H]1CC[C@H]2[C@@H]3CC[C@@H]4CC(=NNS(=O)(=O)c5ccc(C)cc5)CC[C@]4(C)[C@H]3CC[C@]12C. The molecule has 4 saturated carbocycles. The highest BCUT2D eigenvalue weighted by Gasteiger charge is 2.60. The summed E-state index contributed by atoms with van der Waals surface area (Å²) in [5, 5.41) is 4.46. The zero-order valence-corrected chi connectivity index (χ0v) is 25.4. The van der Waals surface area contributed by atoms with E-state index in [0.717, 1.165) is 54.7 Å². The standard InChI is InChI=1S/C32H48N2O4S/c1-21-6-10-25(11-7-21)39(36,37)34-33-24-16-18-31(3)23(20-24)9-12-26-28-14-13-27(22(2)8-15-30(35)38-5)32(28,4)19-17-29(26)31/h6-7,10-11,22-23,26-29,34H,8-9,12-20H2,1-5H3/t22-,23-,26+,27-,28+,29+,31+,32-/m1/s1. The first kappa shape index (κ1) is 28.6. The van der Waals surface area contributed by atoms with E-state index >= 15 is 0 Å².